The normalized spacial score (nSPS) is 16.3. The topological polar surface area (TPSA) is 34.2 Å². The van der Waals surface area contributed by atoms with Crippen molar-refractivity contribution < 1.29 is 0 Å². The van der Waals surface area contributed by atoms with Crippen molar-refractivity contribution in [2.24, 2.45) is 4.99 Å². The molecule has 0 bridgehead atoms. The van der Waals surface area contributed by atoms with Gasteiger partial charge in [0.2, 0.25) is 5.96 Å². The molecule has 0 fully saturated rings. The Balaban J connectivity index is 0.888. The molecular formula is C61H46N4. The van der Waals surface area contributed by atoms with Crippen molar-refractivity contribution in [3.8, 4) is 27.9 Å². The predicted octanol–water partition coefficient (Wildman–Crippen LogP) is 14.8. The van der Waals surface area contributed by atoms with Gasteiger partial charge in [0.25, 0.3) is 0 Å². The van der Waals surface area contributed by atoms with Gasteiger partial charge in [0, 0.05) is 50.7 Å². The van der Waals surface area contributed by atoms with Gasteiger partial charge in [-0.05, 0) is 123 Å². The number of aromatic nitrogens is 2. The Labute approximate surface area is 378 Å². The number of rotatable bonds is 5. The molecule has 1 N–H and O–H groups in total. The summed E-state index contributed by atoms with van der Waals surface area (Å²) in [5.74, 6) is 1.17. The molecule has 8 aromatic carbocycles. The number of nitrogens with one attached hydrogen (secondary N) is 1. The maximum atomic E-state index is 5.35. The van der Waals surface area contributed by atoms with Gasteiger partial charge >= 0.3 is 0 Å². The summed E-state index contributed by atoms with van der Waals surface area (Å²) in [5.41, 5.74) is 19.6. The Bertz CT molecular complexity index is 3700. The third-order valence-corrected chi connectivity index (χ3v) is 14.3. The van der Waals surface area contributed by atoms with E-state index >= 15 is 0 Å². The van der Waals surface area contributed by atoms with E-state index in [1.54, 1.807) is 0 Å². The molecule has 10 aromatic rings. The second-order valence-corrected chi connectivity index (χ2v) is 18.3. The Hall–Kier alpha value is -7.95. The molecule has 13 rings (SSSR count). The highest BCUT2D eigenvalue weighted by molar-refractivity contribution is 6.16. The summed E-state index contributed by atoms with van der Waals surface area (Å²) in [5, 5.41) is 8.60. The molecule has 310 valence electrons. The summed E-state index contributed by atoms with van der Waals surface area (Å²) in [4.78, 5) is 5.35. The quantitative estimate of drug-likeness (QED) is 0.184. The predicted molar refractivity (Wildman–Crippen MR) is 273 cm³/mol. The molecule has 2 aliphatic carbocycles. The highest BCUT2D eigenvalue weighted by Gasteiger charge is 2.36. The summed E-state index contributed by atoms with van der Waals surface area (Å²) in [6.07, 6.45) is 10.2. The number of aliphatic imine (C=N–C) groups is 1. The lowest BCUT2D eigenvalue weighted by atomic mass is 9.82. The fraction of sp³-hybridized carbons (Fsp3) is 0.0984. The summed E-state index contributed by atoms with van der Waals surface area (Å²) in [7, 11) is 0. The Kier molecular flexibility index (Phi) is 8.41. The van der Waals surface area contributed by atoms with E-state index in [1.165, 1.54) is 88.3 Å². The van der Waals surface area contributed by atoms with Crippen LogP contribution in [0.15, 0.2) is 211 Å². The van der Waals surface area contributed by atoms with Crippen LogP contribution in [0.25, 0.3) is 82.8 Å². The van der Waals surface area contributed by atoms with E-state index in [-0.39, 0.29) is 5.41 Å². The van der Waals surface area contributed by atoms with Crippen LogP contribution in [0.5, 0.6) is 0 Å². The Morgan fingerprint density at radius 3 is 1.98 bits per heavy atom. The van der Waals surface area contributed by atoms with Crippen molar-refractivity contribution >= 4 is 60.8 Å². The van der Waals surface area contributed by atoms with Crippen LogP contribution in [-0.4, -0.2) is 21.6 Å². The van der Waals surface area contributed by atoms with Gasteiger partial charge < -0.3 is 9.88 Å². The molecule has 3 heterocycles. The first kappa shape index (κ1) is 37.6. The number of benzene rings is 8. The molecule has 0 radical (unpaired) electrons. The minimum Gasteiger partial charge on any atom is -0.352 e. The molecule has 1 unspecified atom stereocenters. The second-order valence-electron chi connectivity index (χ2n) is 18.3. The number of nitrogens with zero attached hydrogens (tertiary/aromatic N) is 3. The second kappa shape index (κ2) is 14.5. The van der Waals surface area contributed by atoms with E-state index in [1.807, 2.05) is 0 Å². The molecular weight excluding hydrogens is 789 g/mol. The van der Waals surface area contributed by atoms with E-state index in [9.17, 15) is 0 Å². The van der Waals surface area contributed by atoms with Gasteiger partial charge in [-0.1, -0.05) is 153 Å². The van der Waals surface area contributed by atoms with Crippen LogP contribution >= 0.6 is 0 Å². The van der Waals surface area contributed by atoms with Gasteiger partial charge in [-0.15, -0.1) is 0 Å². The lowest BCUT2D eigenvalue weighted by molar-refractivity contribution is 0.661. The van der Waals surface area contributed by atoms with Crippen LogP contribution in [0.4, 0.5) is 0 Å². The first-order valence-corrected chi connectivity index (χ1v) is 22.9. The summed E-state index contributed by atoms with van der Waals surface area (Å²) < 4.78 is 4.75. The van der Waals surface area contributed by atoms with Crippen molar-refractivity contribution in [3.05, 3.63) is 234 Å². The first-order valence-electron chi connectivity index (χ1n) is 22.9. The van der Waals surface area contributed by atoms with Crippen LogP contribution in [-0.2, 0) is 5.41 Å². The Morgan fingerprint density at radius 2 is 1.18 bits per heavy atom. The zero-order valence-electron chi connectivity index (χ0n) is 36.5. The van der Waals surface area contributed by atoms with Gasteiger partial charge in [0.05, 0.1) is 27.8 Å². The van der Waals surface area contributed by atoms with Crippen LogP contribution in [0, 0.1) is 0 Å². The molecule has 1 atom stereocenters. The number of para-hydroxylation sites is 2. The number of allylic oxidation sites excluding steroid dienone is 4. The summed E-state index contributed by atoms with van der Waals surface area (Å²) in [6.45, 7) is 5.43. The van der Waals surface area contributed by atoms with E-state index < -0.39 is 0 Å². The third-order valence-electron chi connectivity index (χ3n) is 14.3. The van der Waals surface area contributed by atoms with E-state index in [4.69, 9.17) is 4.99 Å². The highest BCUT2D eigenvalue weighted by atomic mass is 15.2. The molecule has 1 aliphatic heterocycles. The van der Waals surface area contributed by atoms with Gasteiger partial charge in [0.15, 0.2) is 0 Å². The molecule has 0 amide bonds. The van der Waals surface area contributed by atoms with Gasteiger partial charge in [0.1, 0.15) is 0 Å². The smallest absolute Gasteiger partial charge is 0.208 e. The minimum absolute atomic E-state index is 0.0890. The van der Waals surface area contributed by atoms with Crippen LogP contribution in [0.1, 0.15) is 54.0 Å². The fourth-order valence-corrected chi connectivity index (χ4v) is 11.0. The first-order chi connectivity index (χ1) is 32.0. The highest BCUT2D eigenvalue weighted by Crippen LogP contribution is 2.51. The van der Waals surface area contributed by atoms with Crippen LogP contribution in [0.2, 0.25) is 0 Å². The van der Waals surface area contributed by atoms with Crippen molar-refractivity contribution in [1.29, 1.82) is 0 Å². The van der Waals surface area contributed by atoms with Crippen molar-refractivity contribution in [1.82, 2.24) is 14.5 Å². The van der Waals surface area contributed by atoms with E-state index in [2.05, 4.69) is 235 Å². The maximum absolute atomic E-state index is 5.35. The van der Waals surface area contributed by atoms with E-state index in [0.29, 0.717) is 12.5 Å². The fourth-order valence-electron chi connectivity index (χ4n) is 11.0. The molecule has 2 aromatic heterocycles. The van der Waals surface area contributed by atoms with Crippen molar-refractivity contribution in [3.63, 3.8) is 0 Å². The monoisotopic (exact) mass is 834 g/mol. The number of hydrogen-bond donors (Lipinski definition) is 1. The number of hydrogen-bond acceptors (Lipinski definition) is 2. The van der Waals surface area contributed by atoms with Gasteiger partial charge in [-0.2, -0.15) is 0 Å². The molecule has 4 nitrogen and oxygen atoms in total. The molecule has 3 aliphatic rings. The summed E-state index contributed by atoms with van der Waals surface area (Å²) in [6, 6.07) is 67.0. The summed E-state index contributed by atoms with van der Waals surface area (Å²) >= 11 is 0. The zero-order chi connectivity index (χ0) is 43.2. The Morgan fingerprint density at radius 1 is 0.508 bits per heavy atom. The maximum Gasteiger partial charge on any atom is 0.208 e. The molecule has 4 heteroatoms. The van der Waals surface area contributed by atoms with Crippen LogP contribution in [0.3, 0.4) is 0 Å². The standard InChI is InChI=1S/C61H46N4/c1-61(2)53-22-11-9-20-47(53)49-38-59-52(37-54(49)61)51-36-44(28-30-57(51)64(59)46-18-7-4-8-19-46)43-29-31-58-50(35-43)48-21-10-12-23-56(48)65(58)60-62-33-32-55(63-60)45-17-13-16-42(34-45)41-26-24-40(25-27-41)39-14-5-3-6-15-39/h3-26,28-32,34-38,41H,27,33H2,1-2H3,(H,62,63). The zero-order valence-corrected chi connectivity index (χ0v) is 36.5. The lowest BCUT2D eigenvalue weighted by Gasteiger charge is -2.21. The van der Waals surface area contributed by atoms with Crippen molar-refractivity contribution in [2.45, 2.75) is 31.6 Å². The molecule has 0 saturated heterocycles. The minimum atomic E-state index is -0.0890. The van der Waals surface area contributed by atoms with Crippen molar-refractivity contribution in [2.75, 3.05) is 6.54 Å². The van der Waals surface area contributed by atoms with Gasteiger partial charge in [-0.25, -0.2) is 4.99 Å². The lowest BCUT2D eigenvalue weighted by Crippen LogP contribution is -2.32. The average Bonchev–Trinajstić information content (AvgIpc) is 3.96. The molecule has 65 heavy (non-hydrogen) atoms. The SMILES string of the molecule is CC1(C)c2ccccc2-c2cc3c(cc21)c1cc(-c2ccc4c(c2)c2ccccc2n4C2=NC(c4cccc(C5C=CC(c6ccccc6)=CC5)c4)=CCN2)ccc1n3-c1ccccc1. The largest absolute Gasteiger partial charge is 0.352 e. The van der Waals surface area contributed by atoms with Gasteiger partial charge in [-0.3, -0.25) is 4.57 Å². The number of fused-ring (bicyclic) bond motifs is 9. The molecule has 0 saturated carbocycles. The van der Waals surface area contributed by atoms with E-state index in [0.717, 1.165) is 34.7 Å². The third kappa shape index (κ3) is 5.94. The molecule has 0 spiro atoms. The van der Waals surface area contributed by atoms with Crippen LogP contribution < -0.4 is 5.32 Å². The average molecular weight is 835 g/mol.